The molecular weight excluding hydrogens is 244 g/mol. The van der Waals surface area contributed by atoms with Gasteiger partial charge in [-0.05, 0) is 30.5 Å². The predicted molar refractivity (Wildman–Crippen MR) is 77.4 cm³/mol. The molecule has 0 N–H and O–H groups in total. The van der Waals surface area contributed by atoms with Crippen LogP contribution in [0, 0.1) is 5.92 Å². The van der Waals surface area contributed by atoms with Crippen molar-refractivity contribution in [2.45, 2.75) is 18.7 Å². The van der Waals surface area contributed by atoms with Gasteiger partial charge in [-0.2, -0.15) is 0 Å². The number of fused-ring (bicyclic) bond motifs is 1. The van der Waals surface area contributed by atoms with Crippen molar-refractivity contribution in [2.24, 2.45) is 5.92 Å². The van der Waals surface area contributed by atoms with Crippen molar-refractivity contribution < 1.29 is 0 Å². The van der Waals surface area contributed by atoms with E-state index in [9.17, 15) is 0 Å². The van der Waals surface area contributed by atoms with E-state index in [4.69, 9.17) is 16.6 Å². The zero-order chi connectivity index (χ0) is 12.5. The molecule has 0 aliphatic carbocycles. The molecule has 1 aromatic heterocycles. The van der Waals surface area contributed by atoms with Gasteiger partial charge in [0.15, 0.2) is 0 Å². The number of piperidine rings is 1. The summed E-state index contributed by atoms with van der Waals surface area (Å²) >= 11 is 6.36. The van der Waals surface area contributed by atoms with Crippen LogP contribution in [0.2, 0.25) is 0 Å². The maximum atomic E-state index is 6.36. The van der Waals surface area contributed by atoms with E-state index in [-0.39, 0.29) is 5.38 Å². The number of pyridine rings is 1. The first-order valence-corrected chi connectivity index (χ1v) is 6.92. The second kappa shape index (κ2) is 4.77. The molecule has 0 spiro atoms. The lowest BCUT2D eigenvalue weighted by Crippen LogP contribution is -2.40. The Kier molecular flexibility index (Phi) is 3.13. The van der Waals surface area contributed by atoms with Crippen molar-refractivity contribution in [3.8, 4) is 0 Å². The molecular formula is C15H17ClN2. The third-order valence-corrected chi connectivity index (χ3v) is 4.34. The average molecular weight is 261 g/mol. The summed E-state index contributed by atoms with van der Waals surface area (Å²) in [7, 11) is 0. The zero-order valence-electron chi connectivity index (χ0n) is 10.5. The SMILES string of the molecule is CC1CCN(c2ccc3ccccc3n2)CC1Cl. The molecule has 0 bridgehead atoms. The Morgan fingerprint density at radius 1 is 1.22 bits per heavy atom. The average Bonchev–Trinajstić information content (AvgIpc) is 2.41. The Morgan fingerprint density at radius 3 is 2.89 bits per heavy atom. The van der Waals surface area contributed by atoms with Crippen LogP contribution in [-0.4, -0.2) is 23.5 Å². The number of halogens is 1. The Labute approximate surface area is 113 Å². The minimum atomic E-state index is 0.229. The summed E-state index contributed by atoms with van der Waals surface area (Å²) in [5.74, 6) is 1.65. The molecule has 0 radical (unpaired) electrons. The number of hydrogen-bond acceptors (Lipinski definition) is 2. The molecule has 2 heterocycles. The molecule has 2 atom stereocenters. The molecule has 2 unspecified atom stereocenters. The smallest absolute Gasteiger partial charge is 0.129 e. The van der Waals surface area contributed by atoms with Crippen molar-refractivity contribution >= 4 is 28.3 Å². The number of rotatable bonds is 1. The van der Waals surface area contributed by atoms with Crippen LogP contribution >= 0.6 is 11.6 Å². The fraction of sp³-hybridized carbons (Fsp3) is 0.400. The number of anilines is 1. The predicted octanol–water partition coefficient (Wildman–Crippen LogP) is 3.69. The van der Waals surface area contributed by atoms with Crippen molar-refractivity contribution in [1.82, 2.24) is 4.98 Å². The minimum absolute atomic E-state index is 0.229. The minimum Gasteiger partial charge on any atom is -0.355 e. The molecule has 18 heavy (non-hydrogen) atoms. The monoisotopic (exact) mass is 260 g/mol. The van der Waals surface area contributed by atoms with Crippen LogP contribution < -0.4 is 4.90 Å². The third kappa shape index (κ3) is 2.17. The number of benzene rings is 1. The number of para-hydroxylation sites is 1. The molecule has 1 saturated heterocycles. The normalized spacial score (nSPS) is 24.4. The van der Waals surface area contributed by atoms with Gasteiger partial charge in [0.2, 0.25) is 0 Å². The van der Waals surface area contributed by atoms with Crippen molar-refractivity contribution in [1.29, 1.82) is 0 Å². The Bertz CT molecular complexity index is 555. The number of aromatic nitrogens is 1. The first-order valence-electron chi connectivity index (χ1n) is 6.49. The standard InChI is InChI=1S/C15H17ClN2/c1-11-8-9-18(10-13(11)16)15-7-6-12-4-2-3-5-14(12)17-15/h2-7,11,13H,8-10H2,1H3. The van der Waals surface area contributed by atoms with Gasteiger partial charge in [0, 0.05) is 18.5 Å². The van der Waals surface area contributed by atoms with E-state index in [1.807, 2.05) is 12.1 Å². The fourth-order valence-electron chi connectivity index (χ4n) is 2.46. The van der Waals surface area contributed by atoms with E-state index < -0.39 is 0 Å². The van der Waals surface area contributed by atoms with Gasteiger partial charge < -0.3 is 4.90 Å². The summed E-state index contributed by atoms with van der Waals surface area (Å²) in [4.78, 5) is 7.02. The summed E-state index contributed by atoms with van der Waals surface area (Å²) in [5, 5.41) is 1.42. The summed E-state index contributed by atoms with van der Waals surface area (Å²) < 4.78 is 0. The maximum Gasteiger partial charge on any atom is 0.129 e. The van der Waals surface area contributed by atoms with E-state index in [2.05, 4.69) is 36.1 Å². The lowest BCUT2D eigenvalue weighted by atomic mass is 9.98. The molecule has 3 heteroatoms. The van der Waals surface area contributed by atoms with Crippen LogP contribution in [0.1, 0.15) is 13.3 Å². The van der Waals surface area contributed by atoms with Crippen LogP contribution in [0.5, 0.6) is 0 Å². The van der Waals surface area contributed by atoms with Gasteiger partial charge in [0.1, 0.15) is 5.82 Å². The van der Waals surface area contributed by atoms with Gasteiger partial charge in [-0.25, -0.2) is 4.98 Å². The van der Waals surface area contributed by atoms with Gasteiger partial charge in [-0.1, -0.05) is 25.1 Å². The lowest BCUT2D eigenvalue weighted by Gasteiger charge is -2.34. The maximum absolute atomic E-state index is 6.36. The summed E-state index contributed by atoms with van der Waals surface area (Å²) in [6.07, 6.45) is 1.14. The van der Waals surface area contributed by atoms with Crippen molar-refractivity contribution in [2.75, 3.05) is 18.0 Å². The lowest BCUT2D eigenvalue weighted by molar-refractivity contribution is 0.444. The van der Waals surface area contributed by atoms with Gasteiger partial charge in [-0.3, -0.25) is 0 Å². The fourth-order valence-corrected chi connectivity index (χ4v) is 2.75. The van der Waals surface area contributed by atoms with Gasteiger partial charge in [0.05, 0.1) is 10.9 Å². The summed E-state index contributed by atoms with van der Waals surface area (Å²) in [6.45, 7) is 4.17. The molecule has 1 aliphatic heterocycles. The Morgan fingerprint density at radius 2 is 2.06 bits per heavy atom. The zero-order valence-corrected chi connectivity index (χ0v) is 11.3. The largest absolute Gasteiger partial charge is 0.355 e. The molecule has 1 fully saturated rings. The first-order chi connectivity index (χ1) is 8.74. The van der Waals surface area contributed by atoms with Gasteiger partial charge in [-0.15, -0.1) is 11.6 Å². The van der Waals surface area contributed by atoms with Crippen molar-refractivity contribution in [3.63, 3.8) is 0 Å². The number of alkyl halides is 1. The highest BCUT2D eigenvalue weighted by atomic mass is 35.5. The second-order valence-electron chi connectivity index (χ2n) is 5.09. The van der Waals surface area contributed by atoms with E-state index in [1.54, 1.807) is 0 Å². The Hall–Kier alpha value is -1.28. The van der Waals surface area contributed by atoms with Crippen molar-refractivity contribution in [3.05, 3.63) is 36.4 Å². The number of hydrogen-bond donors (Lipinski definition) is 0. The quantitative estimate of drug-likeness (QED) is 0.727. The summed E-state index contributed by atoms with van der Waals surface area (Å²) in [6, 6.07) is 12.5. The van der Waals surface area contributed by atoms with E-state index in [1.165, 1.54) is 5.39 Å². The Balaban J connectivity index is 1.90. The van der Waals surface area contributed by atoms with Crippen LogP contribution in [0.15, 0.2) is 36.4 Å². The highest BCUT2D eigenvalue weighted by Gasteiger charge is 2.25. The molecule has 3 rings (SSSR count). The number of nitrogens with zero attached hydrogens (tertiary/aromatic N) is 2. The third-order valence-electron chi connectivity index (χ3n) is 3.77. The van der Waals surface area contributed by atoms with E-state index in [0.29, 0.717) is 5.92 Å². The molecule has 0 amide bonds. The molecule has 1 aromatic carbocycles. The van der Waals surface area contributed by atoms with Crippen LogP contribution in [0.4, 0.5) is 5.82 Å². The van der Waals surface area contributed by atoms with E-state index >= 15 is 0 Å². The van der Waals surface area contributed by atoms with Gasteiger partial charge >= 0.3 is 0 Å². The molecule has 0 saturated carbocycles. The summed E-state index contributed by atoms with van der Waals surface area (Å²) in [5.41, 5.74) is 1.06. The molecule has 94 valence electrons. The first kappa shape index (κ1) is 11.8. The molecule has 2 aromatic rings. The molecule has 1 aliphatic rings. The van der Waals surface area contributed by atoms with Crippen LogP contribution in [0.3, 0.4) is 0 Å². The van der Waals surface area contributed by atoms with Crippen LogP contribution in [-0.2, 0) is 0 Å². The topological polar surface area (TPSA) is 16.1 Å². The van der Waals surface area contributed by atoms with Crippen LogP contribution in [0.25, 0.3) is 10.9 Å². The second-order valence-corrected chi connectivity index (χ2v) is 5.65. The highest BCUT2D eigenvalue weighted by Crippen LogP contribution is 2.26. The van der Waals surface area contributed by atoms with E-state index in [0.717, 1.165) is 30.8 Å². The van der Waals surface area contributed by atoms with Gasteiger partial charge in [0.25, 0.3) is 0 Å². The molecule has 2 nitrogen and oxygen atoms in total. The highest BCUT2D eigenvalue weighted by molar-refractivity contribution is 6.21.